The van der Waals surface area contributed by atoms with Gasteiger partial charge in [0.2, 0.25) is 0 Å². The number of amides is 1. The Balaban J connectivity index is 2.05. The van der Waals surface area contributed by atoms with Crippen LogP contribution in [-0.2, 0) is 0 Å². The maximum atomic E-state index is 13.8. The molecule has 1 aliphatic carbocycles. The Morgan fingerprint density at radius 3 is 2.76 bits per heavy atom. The van der Waals surface area contributed by atoms with Crippen LogP contribution in [0, 0.1) is 18.2 Å². The smallest absolute Gasteiger partial charge is 0.251 e. The predicted molar refractivity (Wildman–Crippen MR) is 79.7 cm³/mol. The molecule has 0 heterocycles. The first-order valence-corrected chi connectivity index (χ1v) is 7.22. The van der Waals surface area contributed by atoms with Crippen molar-refractivity contribution in [3.63, 3.8) is 0 Å². The fourth-order valence-electron chi connectivity index (χ4n) is 2.68. The van der Waals surface area contributed by atoms with E-state index in [2.05, 4.69) is 11.2 Å². The Bertz CT molecular complexity index is 556. The normalized spacial score (nSPS) is 16.8. The summed E-state index contributed by atoms with van der Waals surface area (Å²) in [6.07, 6.45) is 10.4. The summed E-state index contributed by atoms with van der Waals surface area (Å²) < 4.78 is 18.9. The van der Waals surface area contributed by atoms with Crippen molar-refractivity contribution < 1.29 is 13.9 Å². The highest BCUT2D eigenvalue weighted by atomic mass is 19.1. The zero-order valence-electron chi connectivity index (χ0n) is 12.2. The summed E-state index contributed by atoms with van der Waals surface area (Å²) in [6, 6.07) is 4.18. The van der Waals surface area contributed by atoms with Crippen LogP contribution in [-0.4, -0.2) is 18.1 Å². The van der Waals surface area contributed by atoms with Gasteiger partial charge in [-0.15, -0.1) is 6.42 Å². The molecule has 1 aliphatic rings. The summed E-state index contributed by atoms with van der Waals surface area (Å²) in [5.74, 6) is 1.51. The molecule has 0 aliphatic heterocycles. The van der Waals surface area contributed by atoms with E-state index in [1.165, 1.54) is 18.6 Å². The topological polar surface area (TPSA) is 38.3 Å². The first kappa shape index (κ1) is 15.4. The molecule has 0 unspecified atom stereocenters. The number of halogens is 1. The molecule has 2 rings (SSSR count). The van der Waals surface area contributed by atoms with Gasteiger partial charge in [-0.05, 0) is 38.0 Å². The molecule has 1 amide bonds. The molecule has 0 atom stereocenters. The van der Waals surface area contributed by atoms with E-state index < -0.39 is 5.82 Å². The van der Waals surface area contributed by atoms with E-state index in [-0.39, 0.29) is 23.8 Å². The van der Waals surface area contributed by atoms with E-state index in [1.807, 2.05) is 6.92 Å². The maximum absolute atomic E-state index is 13.8. The molecule has 1 aromatic carbocycles. The number of hydrogen-bond donors (Lipinski definition) is 1. The second-order valence-corrected chi connectivity index (χ2v) is 5.71. The summed E-state index contributed by atoms with van der Waals surface area (Å²) >= 11 is 0. The van der Waals surface area contributed by atoms with Crippen LogP contribution in [0.5, 0.6) is 5.75 Å². The molecule has 0 bridgehead atoms. The Labute approximate surface area is 124 Å². The van der Waals surface area contributed by atoms with Crippen molar-refractivity contribution in [1.29, 1.82) is 0 Å². The standard InChI is InChI=1S/C17H20FNO2/c1-3-11-21-15-8-7-13(12-14(15)18)16(20)19-17(2)9-5-4-6-10-17/h1,7-8,12H,4-6,9-11H2,2H3,(H,19,20). The number of benzene rings is 1. The molecule has 0 radical (unpaired) electrons. The van der Waals surface area contributed by atoms with E-state index in [1.54, 1.807) is 6.07 Å². The number of nitrogens with one attached hydrogen (secondary N) is 1. The highest BCUT2D eigenvalue weighted by Gasteiger charge is 2.28. The average Bonchev–Trinajstić information content (AvgIpc) is 2.46. The molecule has 1 fully saturated rings. The van der Waals surface area contributed by atoms with Gasteiger partial charge in [0, 0.05) is 11.1 Å². The molecule has 1 aromatic rings. The summed E-state index contributed by atoms with van der Waals surface area (Å²) in [5, 5.41) is 3.02. The first-order valence-electron chi connectivity index (χ1n) is 7.22. The van der Waals surface area contributed by atoms with Gasteiger partial charge in [0.05, 0.1) is 0 Å². The minimum Gasteiger partial charge on any atom is -0.478 e. The number of carbonyl (C=O) groups is 1. The lowest BCUT2D eigenvalue weighted by Gasteiger charge is -2.34. The third-order valence-electron chi connectivity index (χ3n) is 3.88. The number of carbonyl (C=O) groups excluding carboxylic acids is 1. The van der Waals surface area contributed by atoms with Crippen molar-refractivity contribution >= 4 is 5.91 Å². The van der Waals surface area contributed by atoms with Gasteiger partial charge in [0.1, 0.15) is 6.61 Å². The summed E-state index contributed by atoms with van der Waals surface area (Å²) in [6.45, 7) is 2.05. The van der Waals surface area contributed by atoms with Gasteiger partial charge in [0.25, 0.3) is 5.91 Å². The lowest BCUT2D eigenvalue weighted by molar-refractivity contribution is 0.0882. The molecular weight excluding hydrogens is 269 g/mol. The Morgan fingerprint density at radius 1 is 1.43 bits per heavy atom. The van der Waals surface area contributed by atoms with Crippen molar-refractivity contribution in [2.75, 3.05) is 6.61 Å². The van der Waals surface area contributed by atoms with E-state index >= 15 is 0 Å². The summed E-state index contributed by atoms with van der Waals surface area (Å²) in [4.78, 5) is 12.2. The van der Waals surface area contributed by atoms with Crippen LogP contribution in [0.25, 0.3) is 0 Å². The third-order valence-corrected chi connectivity index (χ3v) is 3.88. The molecule has 0 spiro atoms. The van der Waals surface area contributed by atoms with Crippen LogP contribution < -0.4 is 10.1 Å². The molecule has 3 nitrogen and oxygen atoms in total. The lowest BCUT2D eigenvalue weighted by Crippen LogP contribution is -2.47. The molecule has 0 aromatic heterocycles. The van der Waals surface area contributed by atoms with Gasteiger partial charge in [-0.3, -0.25) is 4.79 Å². The van der Waals surface area contributed by atoms with Crippen molar-refractivity contribution in [3.05, 3.63) is 29.6 Å². The van der Waals surface area contributed by atoms with Crippen LogP contribution in [0.15, 0.2) is 18.2 Å². The van der Waals surface area contributed by atoms with Crippen LogP contribution >= 0.6 is 0 Å². The molecule has 0 saturated heterocycles. The Morgan fingerprint density at radius 2 is 2.14 bits per heavy atom. The highest BCUT2D eigenvalue weighted by Crippen LogP contribution is 2.28. The fraction of sp³-hybridized carbons (Fsp3) is 0.471. The van der Waals surface area contributed by atoms with Gasteiger partial charge in [0.15, 0.2) is 11.6 Å². The SMILES string of the molecule is C#CCOc1ccc(C(=O)NC2(C)CCCCC2)cc1F. The predicted octanol–water partition coefficient (Wildman–Crippen LogP) is 3.29. The van der Waals surface area contributed by atoms with E-state index in [4.69, 9.17) is 11.2 Å². The minimum atomic E-state index is -0.577. The molecule has 4 heteroatoms. The second-order valence-electron chi connectivity index (χ2n) is 5.71. The second kappa shape index (κ2) is 6.62. The zero-order valence-corrected chi connectivity index (χ0v) is 12.2. The summed E-state index contributed by atoms with van der Waals surface area (Å²) in [7, 11) is 0. The van der Waals surface area contributed by atoms with E-state index in [9.17, 15) is 9.18 Å². The molecule has 112 valence electrons. The number of hydrogen-bond acceptors (Lipinski definition) is 2. The van der Waals surface area contributed by atoms with Crippen molar-refractivity contribution in [3.8, 4) is 18.1 Å². The van der Waals surface area contributed by atoms with Crippen LogP contribution in [0.3, 0.4) is 0 Å². The largest absolute Gasteiger partial charge is 0.478 e. The van der Waals surface area contributed by atoms with Gasteiger partial charge < -0.3 is 10.1 Å². The van der Waals surface area contributed by atoms with Crippen molar-refractivity contribution in [2.45, 2.75) is 44.6 Å². The molecule has 1 saturated carbocycles. The van der Waals surface area contributed by atoms with Gasteiger partial charge >= 0.3 is 0 Å². The number of ether oxygens (including phenoxy) is 1. The lowest BCUT2D eigenvalue weighted by atomic mass is 9.83. The molecule has 1 N–H and O–H groups in total. The Kier molecular flexibility index (Phi) is 4.85. The number of rotatable bonds is 4. The third kappa shape index (κ3) is 3.98. The van der Waals surface area contributed by atoms with Crippen LogP contribution in [0.4, 0.5) is 4.39 Å². The van der Waals surface area contributed by atoms with Crippen LogP contribution in [0.2, 0.25) is 0 Å². The van der Waals surface area contributed by atoms with Crippen molar-refractivity contribution in [2.24, 2.45) is 0 Å². The number of terminal acetylenes is 1. The minimum absolute atomic E-state index is 0.000530. The first-order chi connectivity index (χ1) is 10.0. The maximum Gasteiger partial charge on any atom is 0.251 e. The van der Waals surface area contributed by atoms with Gasteiger partial charge in [-0.1, -0.05) is 25.2 Å². The quantitative estimate of drug-likeness (QED) is 0.864. The van der Waals surface area contributed by atoms with E-state index in [0.29, 0.717) is 5.56 Å². The highest BCUT2D eigenvalue weighted by molar-refractivity contribution is 5.94. The van der Waals surface area contributed by atoms with Crippen LogP contribution in [0.1, 0.15) is 49.4 Å². The average molecular weight is 289 g/mol. The van der Waals surface area contributed by atoms with Gasteiger partial charge in [-0.2, -0.15) is 0 Å². The Hall–Kier alpha value is -2.02. The van der Waals surface area contributed by atoms with E-state index in [0.717, 1.165) is 25.7 Å². The fourth-order valence-corrected chi connectivity index (χ4v) is 2.68. The van der Waals surface area contributed by atoms with Gasteiger partial charge in [-0.25, -0.2) is 4.39 Å². The molecule has 21 heavy (non-hydrogen) atoms. The van der Waals surface area contributed by atoms with Crippen molar-refractivity contribution in [1.82, 2.24) is 5.32 Å². The monoisotopic (exact) mass is 289 g/mol. The molecular formula is C17H20FNO2. The zero-order chi connectivity index (χ0) is 15.3. The summed E-state index contributed by atoms with van der Waals surface area (Å²) in [5.41, 5.74) is 0.108.